The minimum absolute atomic E-state index is 0.218. The van der Waals surface area contributed by atoms with Crippen LogP contribution in [0.1, 0.15) is 6.92 Å². The maximum absolute atomic E-state index is 7.95. The molecule has 0 aliphatic rings. The van der Waals surface area contributed by atoms with E-state index in [2.05, 4.69) is 5.32 Å². The molecule has 0 rings (SSSR count). The molecule has 0 fully saturated rings. The molecule has 0 atom stereocenters. The van der Waals surface area contributed by atoms with Crippen molar-refractivity contribution in [2.75, 3.05) is 5.75 Å². The normalized spacial score (nSPS) is 7.50. The summed E-state index contributed by atoms with van der Waals surface area (Å²) in [7, 11) is 0. The summed E-state index contributed by atoms with van der Waals surface area (Å²) in [5.41, 5.74) is 0. The van der Waals surface area contributed by atoms with Gasteiger partial charge in [-0.2, -0.15) is 5.26 Å². The van der Waals surface area contributed by atoms with E-state index in [4.69, 9.17) is 10.7 Å². The number of amidine groups is 1. The SMILES string of the molecule is CCSC(=N)NC#N. The lowest BCUT2D eigenvalue weighted by Gasteiger charge is -1.92. The zero-order chi connectivity index (χ0) is 6.41. The molecular weight excluding hydrogens is 122 g/mol. The van der Waals surface area contributed by atoms with Gasteiger partial charge in [0.2, 0.25) is 0 Å². The third kappa shape index (κ3) is 3.50. The number of nitrogens with one attached hydrogen (secondary N) is 2. The summed E-state index contributed by atoms with van der Waals surface area (Å²) < 4.78 is 0. The zero-order valence-electron chi connectivity index (χ0n) is 4.56. The van der Waals surface area contributed by atoms with E-state index < -0.39 is 0 Å². The molecule has 0 aromatic carbocycles. The Labute approximate surface area is 52.6 Å². The third-order valence-corrected chi connectivity index (χ3v) is 1.14. The molecule has 0 spiro atoms. The molecule has 0 aliphatic heterocycles. The molecule has 2 N–H and O–H groups in total. The quantitative estimate of drug-likeness (QED) is 0.237. The first kappa shape index (κ1) is 7.31. The Balaban J connectivity index is 3.23. The van der Waals surface area contributed by atoms with Crippen molar-refractivity contribution in [2.45, 2.75) is 6.92 Å². The highest BCUT2D eigenvalue weighted by Gasteiger charge is 1.88. The van der Waals surface area contributed by atoms with Crippen molar-refractivity contribution in [1.29, 1.82) is 10.7 Å². The number of nitrogens with zero attached hydrogens (tertiary/aromatic N) is 1. The maximum Gasteiger partial charge on any atom is 0.183 e. The standard InChI is InChI=1S/C4H7N3S/c1-2-8-4(6)7-3-5/h2H2,1H3,(H2,6,7). The van der Waals surface area contributed by atoms with Gasteiger partial charge < -0.3 is 0 Å². The average Bonchev–Trinajstić information content (AvgIpc) is 1.68. The van der Waals surface area contributed by atoms with Crippen LogP contribution in [0.25, 0.3) is 0 Å². The van der Waals surface area contributed by atoms with Gasteiger partial charge in [-0.05, 0) is 5.75 Å². The topological polar surface area (TPSA) is 59.7 Å². The number of thioether (sulfide) groups is 1. The van der Waals surface area contributed by atoms with Crippen LogP contribution in [0.15, 0.2) is 0 Å². The van der Waals surface area contributed by atoms with Gasteiger partial charge in [-0.3, -0.25) is 10.7 Å². The Morgan fingerprint density at radius 2 is 2.62 bits per heavy atom. The molecule has 8 heavy (non-hydrogen) atoms. The van der Waals surface area contributed by atoms with E-state index in [1.54, 1.807) is 6.19 Å². The second-order valence-electron chi connectivity index (χ2n) is 0.999. The summed E-state index contributed by atoms with van der Waals surface area (Å²) >= 11 is 1.31. The van der Waals surface area contributed by atoms with E-state index in [9.17, 15) is 0 Å². The van der Waals surface area contributed by atoms with Gasteiger partial charge in [-0.15, -0.1) is 0 Å². The molecule has 0 unspecified atom stereocenters. The van der Waals surface area contributed by atoms with E-state index in [1.165, 1.54) is 11.8 Å². The Kier molecular flexibility index (Phi) is 4.08. The summed E-state index contributed by atoms with van der Waals surface area (Å²) in [5.74, 6) is 0.827. The smallest absolute Gasteiger partial charge is 0.183 e. The number of hydrogen-bond acceptors (Lipinski definition) is 3. The van der Waals surface area contributed by atoms with Crippen molar-refractivity contribution < 1.29 is 0 Å². The Morgan fingerprint density at radius 3 is 3.00 bits per heavy atom. The van der Waals surface area contributed by atoms with E-state index >= 15 is 0 Å². The molecule has 0 bridgehead atoms. The number of hydrogen-bond donors (Lipinski definition) is 2. The van der Waals surface area contributed by atoms with Gasteiger partial charge in [-0.1, -0.05) is 18.7 Å². The molecule has 0 aliphatic carbocycles. The Morgan fingerprint density at radius 1 is 2.00 bits per heavy atom. The van der Waals surface area contributed by atoms with Crippen molar-refractivity contribution in [2.24, 2.45) is 0 Å². The van der Waals surface area contributed by atoms with Crippen LogP contribution in [0, 0.1) is 16.9 Å². The first-order valence-electron chi connectivity index (χ1n) is 2.17. The predicted octanol–water partition coefficient (Wildman–Crippen LogP) is 0.745. The monoisotopic (exact) mass is 129 g/mol. The molecule has 0 amide bonds. The largest absolute Gasteiger partial charge is 0.278 e. The lowest BCUT2D eigenvalue weighted by atomic mass is 11.0. The van der Waals surface area contributed by atoms with Crippen molar-refractivity contribution in [1.82, 2.24) is 5.32 Å². The van der Waals surface area contributed by atoms with E-state index in [0.717, 1.165) is 5.75 Å². The van der Waals surface area contributed by atoms with Crippen LogP contribution in [0.3, 0.4) is 0 Å². The van der Waals surface area contributed by atoms with Crippen molar-refractivity contribution >= 4 is 16.9 Å². The van der Waals surface area contributed by atoms with Crippen LogP contribution >= 0.6 is 11.8 Å². The fourth-order valence-corrected chi connectivity index (χ4v) is 0.638. The molecule has 0 radical (unpaired) electrons. The van der Waals surface area contributed by atoms with Gasteiger partial charge in [0.05, 0.1) is 0 Å². The fourth-order valence-electron chi connectivity index (χ4n) is 0.231. The third-order valence-electron chi connectivity index (χ3n) is 0.458. The highest BCUT2D eigenvalue weighted by molar-refractivity contribution is 8.13. The van der Waals surface area contributed by atoms with Gasteiger partial charge in [0, 0.05) is 0 Å². The summed E-state index contributed by atoms with van der Waals surface area (Å²) in [6, 6.07) is 0. The maximum atomic E-state index is 7.95. The molecule has 0 heterocycles. The zero-order valence-corrected chi connectivity index (χ0v) is 5.38. The van der Waals surface area contributed by atoms with E-state index in [-0.39, 0.29) is 5.17 Å². The number of nitriles is 1. The fraction of sp³-hybridized carbons (Fsp3) is 0.500. The Bertz CT molecular complexity index is 115. The van der Waals surface area contributed by atoms with Gasteiger partial charge in [0.15, 0.2) is 11.4 Å². The minimum atomic E-state index is 0.218. The van der Waals surface area contributed by atoms with Crippen LogP contribution in [-0.4, -0.2) is 10.9 Å². The van der Waals surface area contributed by atoms with Gasteiger partial charge in [0.1, 0.15) is 0 Å². The molecule has 0 saturated carbocycles. The van der Waals surface area contributed by atoms with Crippen LogP contribution < -0.4 is 5.32 Å². The number of rotatable bonds is 1. The van der Waals surface area contributed by atoms with Gasteiger partial charge in [-0.25, -0.2) is 0 Å². The molecule has 3 nitrogen and oxygen atoms in total. The first-order valence-corrected chi connectivity index (χ1v) is 3.16. The van der Waals surface area contributed by atoms with Crippen molar-refractivity contribution in [3.8, 4) is 6.19 Å². The minimum Gasteiger partial charge on any atom is -0.278 e. The van der Waals surface area contributed by atoms with Gasteiger partial charge in [0.25, 0.3) is 0 Å². The lowest BCUT2D eigenvalue weighted by molar-refractivity contribution is 1.26. The van der Waals surface area contributed by atoms with Crippen LogP contribution in [0.2, 0.25) is 0 Å². The Hall–Kier alpha value is -0.690. The van der Waals surface area contributed by atoms with Crippen molar-refractivity contribution in [3.05, 3.63) is 0 Å². The van der Waals surface area contributed by atoms with Crippen LogP contribution in [0.4, 0.5) is 0 Å². The summed E-state index contributed by atoms with van der Waals surface area (Å²) in [4.78, 5) is 0. The summed E-state index contributed by atoms with van der Waals surface area (Å²) in [6.45, 7) is 1.93. The lowest BCUT2D eigenvalue weighted by Crippen LogP contribution is -2.11. The predicted molar refractivity (Wildman–Crippen MR) is 34.6 cm³/mol. The first-order chi connectivity index (χ1) is 3.81. The van der Waals surface area contributed by atoms with Crippen LogP contribution in [-0.2, 0) is 0 Å². The molecule has 0 aromatic rings. The summed E-state index contributed by atoms with van der Waals surface area (Å²) in [5, 5.41) is 17.3. The molecule has 0 saturated heterocycles. The molecular formula is C4H7N3S. The second-order valence-corrected chi connectivity index (χ2v) is 2.27. The molecule has 44 valence electrons. The highest BCUT2D eigenvalue weighted by atomic mass is 32.2. The van der Waals surface area contributed by atoms with Crippen LogP contribution in [0.5, 0.6) is 0 Å². The van der Waals surface area contributed by atoms with E-state index in [1.807, 2.05) is 6.92 Å². The van der Waals surface area contributed by atoms with Gasteiger partial charge >= 0.3 is 0 Å². The summed E-state index contributed by atoms with van der Waals surface area (Å²) in [6.07, 6.45) is 1.66. The average molecular weight is 129 g/mol. The molecule has 0 aromatic heterocycles. The highest BCUT2D eigenvalue weighted by Crippen LogP contribution is 1.95. The second kappa shape index (κ2) is 4.47. The van der Waals surface area contributed by atoms with Crippen molar-refractivity contribution in [3.63, 3.8) is 0 Å². The molecule has 4 heteroatoms. The van der Waals surface area contributed by atoms with E-state index in [0.29, 0.717) is 0 Å².